The van der Waals surface area contributed by atoms with Crippen LogP contribution >= 0.6 is 11.8 Å². The van der Waals surface area contributed by atoms with Crippen molar-refractivity contribution in [1.82, 2.24) is 5.32 Å². The zero-order valence-electron chi connectivity index (χ0n) is 9.78. The molecule has 2 atom stereocenters. The van der Waals surface area contributed by atoms with Crippen LogP contribution in [0.15, 0.2) is 18.2 Å². The summed E-state index contributed by atoms with van der Waals surface area (Å²) in [6, 6.07) is 4.32. The summed E-state index contributed by atoms with van der Waals surface area (Å²) in [6.07, 6.45) is 2.28. The highest BCUT2D eigenvalue weighted by atomic mass is 32.2. The first-order chi connectivity index (χ1) is 8.61. The van der Waals surface area contributed by atoms with Gasteiger partial charge in [-0.1, -0.05) is 6.07 Å². The fourth-order valence-electron chi connectivity index (χ4n) is 2.84. The van der Waals surface area contributed by atoms with E-state index in [4.69, 9.17) is 5.11 Å². The monoisotopic (exact) mass is 267 g/mol. The predicted octanol–water partition coefficient (Wildman–Crippen LogP) is 2.10. The summed E-state index contributed by atoms with van der Waals surface area (Å²) in [6.45, 7) is 0. The molecule has 5 heteroatoms. The third kappa shape index (κ3) is 1.82. The molecule has 1 aliphatic carbocycles. The molecule has 1 aromatic rings. The van der Waals surface area contributed by atoms with E-state index < -0.39 is 12.0 Å². The summed E-state index contributed by atoms with van der Waals surface area (Å²) in [4.78, 5) is 10.8. The molecule has 96 valence electrons. The topological polar surface area (TPSA) is 49.3 Å². The number of aryl methyl sites for hydroxylation is 1. The van der Waals surface area contributed by atoms with Gasteiger partial charge in [0, 0.05) is 0 Å². The van der Waals surface area contributed by atoms with Crippen LogP contribution in [0.25, 0.3) is 0 Å². The lowest BCUT2D eigenvalue weighted by Gasteiger charge is -2.38. The first-order valence-corrected chi connectivity index (χ1v) is 7.03. The second kappa shape index (κ2) is 4.24. The number of rotatable bonds is 1. The fourth-order valence-corrected chi connectivity index (χ4v) is 4.37. The standard InChI is InChI=1S/C13H14FNO2S/c14-9-1-2-10-8(7-9)3-5-13(10)15-11(12(16)17)4-6-18-13/h1-2,7,11,15H,3-6H2,(H,16,17). The zero-order chi connectivity index (χ0) is 12.8. The average Bonchev–Trinajstić information content (AvgIpc) is 2.68. The van der Waals surface area contributed by atoms with Crippen molar-refractivity contribution in [3.63, 3.8) is 0 Å². The molecule has 1 fully saturated rings. The third-order valence-corrected chi connectivity index (χ3v) is 5.18. The second-order valence-corrected chi connectivity index (χ2v) is 6.19. The van der Waals surface area contributed by atoms with Gasteiger partial charge in [0.15, 0.2) is 0 Å². The third-order valence-electron chi connectivity index (χ3n) is 3.71. The minimum Gasteiger partial charge on any atom is -0.480 e. The maximum atomic E-state index is 13.2. The van der Waals surface area contributed by atoms with Gasteiger partial charge in [-0.05, 0) is 48.3 Å². The molecular formula is C13H14FNO2S. The molecule has 2 unspecified atom stereocenters. The van der Waals surface area contributed by atoms with Crippen LogP contribution in [-0.4, -0.2) is 22.9 Å². The van der Waals surface area contributed by atoms with Gasteiger partial charge in [-0.25, -0.2) is 4.39 Å². The minimum atomic E-state index is -0.801. The highest BCUT2D eigenvalue weighted by molar-refractivity contribution is 8.00. The van der Waals surface area contributed by atoms with E-state index in [-0.39, 0.29) is 10.7 Å². The largest absolute Gasteiger partial charge is 0.480 e. The molecule has 1 saturated heterocycles. The normalized spacial score (nSPS) is 30.4. The Balaban J connectivity index is 1.96. The molecule has 1 aliphatic heterocycles. The van der Waals surface area contributed by atoms with E-state index in [2.05, 4.69) is 5.32 Å². The van der Waals surface area contributed by atoms with Crippen LogP contribution in [0.1, 0.15) is 24.0 Å². The quantitative estimate of drug-likeness (QED) is 0.818. The fraction of sp³-hybridized carbons (Fsp3) is 0.462. The molecule has 0 aromatic heterocycles. The Morgan fingerprint density at radius 1 is 1.56 bits per heavy atom. The minimum absolute atomic E-state index is 0.221. The number of hydrogen-bond donors (Lipinski definition) is 2. The number of carboxylic acids is 1. The van der Waals surface area contributed by atoms with Crippen molar-refractivity contribution in [2.45, 2.75) is 30.2 Å². The van der Waals surface area contributed by atoms with Crippen molar-refractivity contribution in [2.75, 3.05) is 5.75 Å². The second-order valence-electron chi connectivity index (χ2n) is 4.80. The summed E-state index contributed by atoms with van der Waals surface area (Å²) in [5.74, 6) is -0.201. The Hall–Kier alpha value is -1.07. The van der Waals surface area contributed by atoms with Gasteiger partial charge < -0.3 is 5.11 Å². The predicted molar refractivity (Wildman–Crippen MR) is 68.0 cm³/mol. The van der Waals surface area contributed by atoms with Gasteiger partial charge in [-0.2, -0.15) is 0 Å². The van der Waals surface area contributed by atoms with Crippen LogP contribution in [0.3, 0.4) is 0 Å². The summed E-state index contributed by atoms with van der Waals surface area (Å²) >= 11 is 1.75. The highest BCUT2D eigenvalue weighted by Gasteiger charge is 2.44. The van der Waals surface area contributed by atoms with Crippen LogP contribution in [0, 0.1) is 5.82 Å². The van der Waals surface area contributed by atoms with Gasteiger partial charge in [0.05, 0.1) is 4.87 Å². The maximum Gasteiger partial charge on any atom is 0.320 e. The van der Waals surface area contributed by atoms with Gasteiger partial charge in [0.2, 0.25) is 0 Å². The lowest BCUT2D eigenvalue weighted by molar-refractivity contribution is -0.140. The Labute approximate surface area is 109 Å². The van der Waals surface area contributed by atoms with Gasteiger partial charge in [0.25, 0.3) is 0 Å². The van der Waals surface area contributed by atoms with E-state index in [0.29, 0.717) is 6.42 Å². The summed E-state index contributed by atoms with van der Waals surface area (Å²) in [5, 5.41) is 12.4. The van der Waals surface area contributed by atoms with Crippen molar-refractivity contribution >= 4 is 17.7 Å². The van der Waals surface area contributed by atoms with Gasteiger partial charge in [-0.3, -0.25) is 10.1 Å². The Morgan fingerprint density at radius 2 is 2.39 bits per heavy atom. The van der Waals surface area contributed by atoms with Crippen molar-refractivity contribution in [1.29, 1.82) is 0 Å². The summed E-state index contributed by atoms with van der Waals surface area (Å²) in [5.41, 5.74) is 2.06. The van der Waals surface area contributed by atoms with Crippen molar-refractivity contribution < 1.29 is 14.3 Å². The van der Waals surface area contributed by atoms with Crippen molar-refractivity contribution in [3.05, 3.63) is 35.1 Å². The molecule has 2 N–H and O–H groups in total. The first-order valence-electron chi connectivity index (χ1n) is 6.04. The number of hydrogen-bond acceptors (Lipinski definition) is 3. The molecule has 3 nitrogen and oxygen atoms in total. The summed E-state index contributed by atoms with van der Waals surface area (Å²) in [7, 11) is 0. The van der Waals surface area contributed by atoms with E-state index in [9.17, 15) is 9.18 Å². The summed E-state index contributed by atoms with van der Waals surface area (Å²) < 4.78 is 13.2. The molecule has 1 spiro atoms. The molecule has 1 aromatic carbocycles. The number of carbonyl (C=O) groups is 1. The van der Waals surface area contributed by atoms with E-state index in [1.807, 2.05) is 0 Å². The first kappa shape index (κ1) is 12.0. The van der Waals surface area contributed by atoms with E-state index in [0.717, 1.165) is 29.7 Å². The molecule has 0 amide bonds. The SMILES string of the molecule is O=C(O)C1CCSC2(CCc3cc(F)ccc32)N1. The Bertz CT molecular complexity index is 508. The van der Waals surface area contributed by atoms with Crippen LogP contribution < -0.4 is 5.32 Å². The molecule has 2 aliphatic rings. The van der Waals surface area contributed by atoms with E-state index >= 15 is 0 Å². The molecule has 3 rings (SSSR count). The maximum absolute atomic E-state index is 13.2. The average molecular weight is 267 g/mol. The molecule has 18 heavy (non-hydrogen) atoms. The van der Waals surface area contributed by atoms with Gasteiger partial charge in [-0.15, -0.1) is 11.8 Å². The lowest BCUT2D eigenvalue weighted by atomic mass is 10.1. The molecule has 1 heterocycles. The molecule has 0 saturated carbocycles. The van der Waals surface area contributed by atoms with Gasteiger partial charge in [0.1, 0.15) is 11.9 Å². The smallest absolute Gasteiger partial charge is 0.320 e. The number of benzene rings is 1. The Morgan fingerprint density at radius 3 is 3.17 bits per heavy atom. The van der Waals surface area contributed by atoms with Crippen LogP contribution in [0.5, 0.6) is 0 Å². The van der Waals surface area contributed by atoms with Crippen LogP contribution in [-0.2, 0) is 16.1 Å². The number of fused-ring (bicyclic) bond motifs is 2. The number of halogens is 1. The Kier molecular flexibility index (Phi) is 2.83. The lowest BCUT2D eigenvalue weighted by Crippen LogP contribution is -2.51. The number of aliphatic carboxylic acids is 1. The number of nitrogens with one attached hydrogen (secondary N) is 1. The number of thioether (sulfide) groups is 1. The molecular weight excluding hydrogens is 253 g/mol. The molecule has 0 radical (unpaired) electrons. The highest BCUT2D eigenvalue weighted by Crippen LogP contribution is 2.48. The van der Waals surface area contributed by atoms with Crippen LogP contribution in [0.4, 0.5) is 4.39 Å². The van der Waals surface area contributed by atoms with Gasteiger partial charge >= 0.3 is 5.97 Å². The van der Waals surface area contributed by atoms with Crippen molar-refractivity contribution in [3.8, 4) is 0 Å². The van der Waals surface area contributed by atoms with E-state index in [1.165, 1.54) is 6.07 Å². The molecule has 0 bridgehead atoms. The van der Waals surface area contributed by atoms with Crippen LogP contribution in [0.2, 0.25) is 0 Å². The van der Waals surface area contributed by atoms with E-state index in [1.54, 1.807) is 23.9 Å². The zero-order valence-corrected chi connectivity index (χ0v) is 10.6. The van der Waals surface area contributed by atoms with Crippen molar-refractivity contribution in [2.24, 2.45) is 0 Å². The number of carboxylic acid groups (broad SMARTS) is 1.